The quantitative estimate of drug-likeness (QED) is 0.298. The van der Waals surface area contributed by atoms with E-state index in [4.69, 9.17) is 44.3 Å². The van der Waals surface area contributed by atoms with Crippen LogP contribution in [0.5, 0.6) is 11.5 Å². The van der Waals surface area contributed by atoms with Crippen LogP contribution in [0.4, 0.5) is 0 Å². The van der Waals surface area contributed by atoms with E-state index in [9.17, 15) is 0 Å². The van der Waals surface area contributed by atoms with E-state index >= 15 is 0 Å². The molecule has 1 aromatic carbocycles. The average Bonchev–Trinajstić information content (AvgIpc) is 2.44. The molecule has 0 aromatic heterocycles. The Morgan fingerprint density at radius 2 is 1.73 bits per heavy atom. The van der Waals surface area contributed by atoms with Crippen molar-refractivity contribution in [2.24, 2.45) is 0 Å². The van der Waals surface area contributed by atoms with Crippen LogP contribution in [0.15, 0.2) is 23.2 Å². The smallest absolute Gasteiger partial charge is 0.156 e. The highest BCUT2D eigenvalue weighted by Gasteiger charge is 2.10. The van der Waals surface area contributed by atoms with E-state index < -0.39 is 0 Å². The Hall–Kier alpha value is -0.0900. The first-order valence-corrected chi connectivity index (χ1v) is 9.43. The van der Waals surface area contributed by atoms with Crippen LogP contribution in [0.2, 0.25) is 10.0 Å². The molecule has 0 spiro atoms. The fraction of sp³-hybridized carbons (Fsp3) is 0.500. The number of hydrogen-bond acceptors (Lipinski definition) is 2. The number of allylic oxidation sites excluding steroid dienone is 1. The summed E-state index contributed by atoms with van der Waals surface area (Å²) in [5, 5.41) is 2.63. The maximum Gasteiger partial charge on any atom is 0.156 e. The van der Waals surface area contributed by atoms with Crippen molar-refractivity contribution in [3.63, 3.8) is 0 Å². The van der Waals surface area contributed by atoms with Crippen molar-refractivity contribution in [3.05, 3.63) is 33.3 Å². The third-order valence-electron chi connectivity index (χ3n) is 2.86. The van der Waals surface area contributed by atoms with Gasteiger partial charge in [-0.25, -0.2) is 0 Å². The second-order valence-electron chi connectivity index (χ2n) is 4.77. The Labute approximate surface area is 155 Å². The molecule has 0 saturated heterocycles. The maximum atomic E-state index is 6.20. The standard InChI is InChI=1S/C16H20BrCl3O2/c1-12(18)6-9-21-13-10-14(19)16(15(20)11-13)22-8-5-3-2-4-7-17/h6,10-11H,2-5,7-9H2,1H3/b12-6-. The van der Waals surface area contributed by atoms with Gasteiger partial charge in [0.25, 0.3) is 0 Å². The van der Waals surface area contributed by atoms with E-state index in [1.165, 1.54) is 12.8 Å². The van der Waals surface area contributed by atoms with Crippen LogP contribution in [0, 0.1) is 0 Å². The number of unbranched alkanes of at least 4 members (excludes halogenated alkanes) is 3. The predicted molar refractivity (Wildman–Crippen MR) is 99.3 cm³/mol. The first-order chi connectivity index (χ1) is 10.5. The van der Waals surface area contributed by atoms with Gasteiger partial charge in [0.2, 0.25) is 0 Å². The molecule has 0 unspecified atom stereocenters. The molecular formula is C16H20BrCl3O2. The average molecular weight is 431 g/mol. The highest BCUT2D eigenvalue weighted by Crippen LogP contribution is 2.37. The zero-order valence-corrected chi connectivity index (χ0v) is 16.4. The zero-order valence-electron chi connectivity index (χ0n) is 12.5. The van der Waals surface area contributed by atoms with Gasteiger partial charge in [0.15, 0.2) is 5.75 Å². The minimum atomic E-state index is 0.371. The summed E-state index contributed by atoms with van der Waals surface area (Å²) in [7, 11) is 0. The highest BCUT2D eigenvalue weighted by atomic mass is 79.9. The molecule has 0 N–H and O–H groups in total. The number of ether oxygens (including phenoxy) is 2. The van der Waals surface area contributed by atoms with Crippen molar-refractivity contribution in [1.29, 1.82) is 0 Å². The van der Waals surface area contributed by atoms with E-state index in [1.54, 1.807) is 25.1 Å². The summed E-state index contributed by atoms with van der Waals surface area (Å²) in [4.78, 5) is 0. The van der Waals surface area contributed by atoms with Crippen molar-refractivity contribution in [3.8, 4) is 11.5 Å². The molecule has 0 amide bonds. The topological polar surface area (TPSA) is 18.5 Å². The first kappa shape index (κ1) is 20.0. The summed E-state index contributed by atoms with van der Waals surface area (Å²) < 4.78 is 11.2. The van der Waals surface area contributed by atoms with Gasteiger partial charge < -0.3 is 9.47 Å². The molecule has 0 bridgehead atoms. The van der Waals surface area contributed by atoms with Crippen molar-refractivity contribution in [1.82, 2.24) is 0 Å². The fourth-order valence-electron chi connectivity index (χ4n) is 1.73. The van der Waals surface area contributed by atoms with Crippen LogP contribution in [0.25, 0.3) is 0 Å². The van der Waals surface area contributed by atoms with E-state index in [2.05, 4.69) is 15.9 Å². The molecule has 1 rings (SSSR count). The third-order valence-corrected chi connectivity index (χ3v) is 4.14. The summed E-state index contributed by atoms with van der Waals surface area (Å²) in [5.74, 6) is 1.11. The minimum Gasteiger partial charge on any atom is -0.490 e. The highest BCUT2D eigenvalue weighted by molar-refractivity contribution is 9.09. The summed E-state index contributed by atoms with van der Waals surface area (Å²) in [6.45, 7) is 2.77. The molecule has 1 aromatic rings. The Balaban J connectivity index is 2.49. The Kier molecular flexibility index (Phi) is 10.4. The largest absolute Gasteiger partial charge is 0.490 e. The molecule has 0 saturated carbocycles. The summed E-state index contributed by atoms with van der Waals surface area (Å²) in [5.41, 5.74) is 0. The van der Waals surface area contributed by atoms with E-state index in [-0.39, 0.29) is 0 Å². The number of hydrogen-bond donors (Lipinski definition) is 0. The normalized spacial score (nSPS) is 11.6. The predicted octanol–water partition coefficient (Wildman–Crippen LogP) is 6.85. The molecule has 0 radical (unpaired) electrons. The Morgan fingerprint density at radius 1 is 1.09 bits per heavy atom. The van der Waals surface area contributed by atoms with E-state index in [1.807, 2.05) is 0 Å². The first-order valence-electron chi connectivity index (χ1n) is 7.17. The molecule has 124 valence electrons. The van der Waals surface area contributed by atoms with Crippen LogP contribution in [-0.4, -0.2) is 18.5 Å². The van der Waals surface area contributed by atoms with Gasteiger partial charge in [-0.2, -0.15) is 0 Å². The molecule has 0 fully saturated rings. The van der Waals surface area contributed by atoms with Crippen LogP contribution >= 0.6 is 50.7 Å². The number of halogens is 4. The number of benzene rings is 1. The fourth-order valence-corrected chi connectivity index (χ4v) is 2.77. The van der Waals surface area contributed by atoms with Crippen LogP contribution in [0.3, 0.4) is 0 Å². The summed E-state index contributed by atoms with van der Waals surface area (Å²) >= 11 is 21.6. The molecular weight excluding hydrogens is 410 g/mol. The van der Waals surface area contributed by atoms with Gasteiger partial charge in [-0.05, 0) is 25.8 Å². The van der Waals surface area contributed by atoms with Gasteiger partial charge in [-0.15, -0.1) is 0 Å². The van der Waals surface area contributed by atoms with Crippen LogP contribution in [0.1, 0.15) is 32.6 Å². The Morgan fingerprint density at radius 3 is 2.32 bits per heavy atom. The number of rotatable bonds is 10. The monoisotopic (exact) mass is 428 g/mol. The van der Waals surface area contributed by atoms with Gasteiger partial charge in [-0.1, -0.05) is 63.6 Å². The SMILES string of the molecule is C/C(Cl)=C/COc1cc(Cl)c(OCCCCCCBr)c(Cl)c1. The minimum absolute atomic E-state index is 0.371. The molecule has 0 aliphatic heterocycles. The molecule has 0 heterocycles. The van der Waals surface area contributed by atoms with Gasteiger partial charge >= 0.3 is 0 Å². The van der Waals surface area contributed by atoms with Crippen molar-refractivity contribution < 1.29 is 9.47 Å². The molecule has 2 nitrogen and oxygen atoms in total. The Bertz CT molecular complexity index is 465. The van der Waals surface area contributed by atoms with Crippen LogP contribution < -0.4 is 9.47 Å². The molecule has 0 atom stereocenters. The van der Waals surface area contributed by atoms with E-state index in [0.29, 0.717) is 39.8 Å². The van der Waals surface area contributed by atoms with Gasteiger partial charge in [0.05, 0.1) is 16.7 Å². The maximum absolute atomic E-state index is 6.20. The lowest BCUT2D eigenvalue weighted by atomic mass is 10.2. The van der Waals surface area contributed by atoms with Gasteiger partial charge in [0.1, 0.15) is 12.4 Å². The van der Waals surface area contributed by atoms with Crippen molar-refractivity contribution in [2.45, 2.75) is 32.6 Å². The molecule has 0 aliphatic rings. The van der Waals surface area contributed by atoms with Crippen molar-refractivity contribution in [2.75, 3.05) is 18.5 Å². The van der Waals surface area contributed by atoms with E-state index in [0.717, 1.165) is 18.2 Å². The van der Waals surface area contributed by atoms with Crippen LogP contribution in [-0.2, 0) is 0 Å². The second kappa shape index (κ2) is 11.4. The number of alkyl halides is 1. The summed E-state index contributed by atoms with van der Waals surface area (Å²) in [6.07, 6.45) is 6.25. The third kappa shape index (κ3) is 7.96. The van der Waals surface area contributed by atoms with Gasteiger partial charge in [-0.3, -0.25) is 0 Å². The lowest BCUT2D eigenvalue weighted by molar-refractivity contribution is 0.304. The molecule has 6 heteroatoms. The molecule has 0 aliphatic carbocycles. The second-order valence-corrected chi connectivity index (χ2v) is 6.97. The molecule has 22 heavy (non-hydrogen) atoms. The lowest BCUT2D eigenvalue weighted by Crippen LogP contribution is -2.00. The lowest BCUT2D eigenvalue weighted by Gasteiger charge is -2.12. The van der Waals surface area contributed by atoms with Gasteiger partial charge in [0, 0.05) is 22.5 Å². The zero-order chi connectivity index (χ0) is 16.4. The summed E-state index contributed by atoms with van der Waals surface area (Å²) in [6, 6.07) is 3.40. The van der Waals surface area contributed by atoms with Crippen molar-refractivity contribution >= 4 is 50.7 Å².